The summed E-state index contributed by atoms with van der Waals surface area (Å²) in [6.45, 7) is 6.22. The van der Waals surface area contributed by atoms with Crippen LogP contribution in [0.1, 0.15) is 19.4 Å². The number of hydrogen-bond donors (Lipinski definition) is 1. The predicted molar refractivity (Wildman–Crippen MR) is 74.1 cm³/mol. The molecule has 0 atom stereocenters. The summed E-state index contributed by atoms with van der Waals surface area (Å²) in [4.78, 5) is 24.8. The number of anilines is 1. The highest BCUT2D eigenvalue weighted by Gasteiger charge is 2.16. The van der Waals surface area contributed by atoms with Gasteiger partial charge in [-0.3, -0.25) is 4.79 Å². The van der Waals surface area contributed by atoms with Crippen molar-refractivity contribution in [3.8, 4) is 0 Å². The average Bonchev–Trinajstić information content (AvgIpc) is 2.36. The zero-order valence-corrected chi connectivity index (χ0v) is 11.6. The molecule has 0 saturated heterocycles. The zero-order valence-electron chi connectivity index (χ0n) is 11.6. The summed E-state index contributed by atoms with van der Waals surface area (Å²) >= 11 is 0. The van der Waals surface area contributed by atoms with E-state index in [4.69, 9.17) is 4.74 Å². The molecule has 1 rings (SSSR count). The molecule has 0 aromatic heterocycles. The molecule has 0 saturated carbocycles. The molecule has 0 unspecified atom stereocenters. The van der Waals surface area contributed by atoms with Crippen molar-refractivity contribution in [2.75, 3.05) is 25.0 Å². The number of benzene rings is 1. The number of hydrogen-bond acceptors (Lipinski definition) is 3. The molecular formula is C14H20N2O3. The van der Waals surface area contributed by atoms with Gasteiger partial charge < -0.3 is 15.0 Å². The van der Waals surface area contributed by atoms with Crippen LogP contribution in [0.15, 0.2) is 24.3 Å². The van der Waals surface area contributed by atoms with Crippen LogP contribution >= 0.6 is 0 Å². The summed E-state index contributed by atoms with van der Waals surface area (Å²) in [5.74, 6) is -0.399. The van der Waals surface area contributed by atoms with Gasteiger partial charge in [-0.1, -0.05) is 12.1 Å². The van der Waals surface area contributed by atoms with E-state index >= 15 is 0 Å². The molecule has 0 aliphatic rings. The fourth-order valence-corrected chi connectivity index (χ4v) is 1.62. The van der Waals surface area contributed by atoms with Crippen molar-refractivity contribution in [2.24, 2.45) is 0 Å². The number of amides is 2. The highest BCUT2D eigenvalue weighted by molar-refractivity contribution is 5.91. The third-order valence-electron chi connectivity index (χ3n) is 2.56. The summed E-state index contributed by atoms with van der Waals surface area (Å²) in [6, 6.07) is 7.19. The van der Waals surface area contributed by atoms with Crippen LogP contribution in [0.25, 0.3) is 0 Å². The van der Waals surface area contributed by atoms with Gasteiger partial charge in [-0.15, -0.1) is 0 Å². The van der Waals surface area contributed by atoms with Gasteiger partial charge in [0.2, 0.25) is 0 Å². The van der Waals surface area contributed by atoms with Gasteiger partial charge in [0.05, 0.1) is 6.61 Å². The van der Waals surface area contributed by atoms with Crippen LogP contribution < -0.4 is 5.32 Å². The standard InChI is InChI=1S/C14H20N2O3/c1-4-16(10-13(17)19-5-2)14(18)15-12-8-6-7-11(3)9-12/h6-9H,4-5,10H2,1-3H3,(H,15,18). The van der Waals surface area contributed by atoms with Gasteiger partial charge in [-0.05, 0) is 38.5 Å². The Hall–Kier alpha value is -2.04. The number of esters is 1. The molecule has 19 heavy (non-hydrogen) atoms. The van der Waals surface area contributed by atoms with E-state index in [1.54, 1.807) is 6.92 Å². The van der Waals surface area contributed by atoms with E-state index in [9.17, 15) is 9.59 Å². The highest BCUT2D eigenvalue weighted by Crippen LogP contribution is 2.10. The van der Waals surface area contributed by atoms with E-state index in [0.717, 1.165) is 5.56 Å². The topological polar surface area (TPSA) is 58.6 Å². The van der Waals surface area contributed by atoms with Crippen LogP contribution in [0.3, 0.4) is 0 Å². The smallest absolute Gasteiger partial charge is 0.325 e. The van der Waals surface area contributed by atoms with Crippen molar-refractivity contribution in [2.45, 2.75) is 20.8 Å². The molecule has 2 amide bonds. The number of ether oxygens (including phenoxy) is 1. The first-order valence-corrected chi connectivity index (χ1v) is 6.35. The van der Waals surface area contributed by atoms with Crippen molar-refractivity contribution in [1.82, 2.24) is 4.90 Å². The number of nitrogens with zero attached hydrogens (tertiary/aromatic N) is 1. The summed E-state index contributed by atoms with van der Waals surface area (Å²) in [6.07, 6.45) is 0. The Balaban J connectivity index is 2.61. The lowest BCUT2D eigenvalue weighted by Crippen LogP contribution is -2.39. The van der Waals surface area contributed by atoms with Gasteiger partial charge in [-0.25, -0.2) is 4.79 Å². The SMILES string of the molecule is CCOC(=O)CN(CC)C(=O)Nc1cccc(C)c1. The molecule has 1 aromatic rings. The summed E-state index contributed by atoms with van der Waals surface area (Å²) in [5.41, 5.74) is 1.78. The monoisotopic (exact) mass is 264 g/mol. The van der Waals surface area contributed by atoms with Gasteiger partial charge in [0.1, 0.15) is 6.54 Å². The van der Waals surface area contributed by atoms with Crippen molar-refractivity contribution in [3.05, 3.63) is 29.8 Å². The van der Waals surface area contributed by atoms with Crippen LogP contribution in [-0.2, 0) is 9.53 Å². The lowest BCUT2D eigenvalue weighted by atomic mass is 10.2. The average molecular weight is 264 g/mol. The van der Waals surface area contributed by atoms with E-state index < -0.39 is 5.97 Å². The molecule has 104 valence electrons. The van der Waals surface area contributed by atoms with E-state index in [2.05, 4.69) is 5.32 Å². The molecule has 5 heteroatoms. The molecule has 0 bridgehead atoms. The first kappa shape index (κ1) is 15.0. The Morgan fingerprint density at radius 2 is 2.05 bits per heavy atom. The first-order valence-electron chi connectivity index (χ1n) is 6.35. The Morgan fingerprint density at radius 3 is 2.63 bits per heavy atom. The Morgan fingerprint density at radius 1 is 1.32 bits per heavy atom. The highest BCUT2D eigenvalue weighted by atomic mass is 16.5. The quantitative estimate of drug-likeness (QED) is 0.831. The molecule has 1 aromatic carbocycles. The van der Waals surface area contributed by atoms with Crippen molar-refractivity contribution in [3.63, 3.8) is 0 Å². The number of carbonyl (C=O) groups is 2. The maximum Gasteiger partial charge on any atom is 0.325 e. The largest absolute Gasteiger partial charge is 0.465 e. The van der Waals surface area contributed by atoms with Crippen LogP contribution in [0, 0.1) is 6.92 Å². The summed E-state index contributed by atoms with van der Waals surface area (Å²) < 4.78 is 4.83. The minimum atomic E-state index is -0.399. The minimum absolute atomic E-state index is 0.0397. The second-order valence-corrected chi connectivity index (χ2v) is 4.12. The van der Waals surface area contributed by atoms with E-state index in [1.807, 2.05) is 38.1 Å². The molecule has 1 N–H and O–H groups in total. The lowest BCUT2D eigenvalue weighted by molar-refractivity contribution is -0.143. The number of likely N-dealkylation sites (N-methyl/N-ethyl adjacent to an activating group) is 1. The molecule has 0 heterocycles. The lowest BCUT2D eigenvalue weighted by Gasteiger charge is -2.20. The maximum atomic E-state index is 12.0. The molecule has 5 nitrogen and oxygen atoms in total. The fourth-order valence-electron chi connectivity index (χ4n) is 1.62. The molecule has 0 radical (unpaired) electrons. The van der Waals surface area contributed by atoms with Gasteiger partial charge in [0.15, 0.2) is 0 Å². The second kappa shape index (κ2) is 7.41. The number of rotatable bonds is 5. The van der Waals surface area contributed by atoms with Crippen molar-refractivity contribution >= 4 is 17.7 Å². The molecule has 0 spiro atoms. The maximum absolute atomic E-state index is 12.0. The molecule has 0 fully saturated rings. The van der Waals surface area contributed by atoms with E-state index in [0.29, 0.717) is 18.8 Å². The Bertz CT molecular complexity index is 446. The fraction of sp³-hybridized carbons (Fsp3) is 0.429. The molecule has 0 aliphatic carbocycles. The van der Waals surface area contributed by atoms with Crippen molar-refractivity contribution < 1.29 is 14.3 Å². The normalized spacial score (nSPS) is 9.84. The van der Waals surface area contributed by atoms with Crippen LogP contribution in [0.4, 0.5) is 10.5 Å². The Labute approximate surface area is 113 Å². The molecular weight excluding hydrogens is 244 g/mol. The second-order valence-electron chi connectivity index (χ2n) is 4.12. The third-order valence-corrected chi connectivity index (χ3v) is 2.56. The number of carbonyl (C=O) groups excluding carboxylic acids is 2. The number of nitrogens with one attached hydrogen (secondary N) is 1. The van der Waals surface area contributed by atoms with Crippen LogP contribution in [-0.4, -0.2) is 36.6 Å². The predicted octanol–water partition coefficient (Wildman–Crippen LogP) is 2.41. The van der Waals surface area contributed by atoms with E-state index in [-0.39, 0.29) is 12.6 Å². The van der Waals surface area contributed by atoms with Gasteiger partial charge in [-0.2, -0.15) is 0 Å². The first-order chi connectivity index (χ1) is 9.06. The van der Waals surface area contributed by atoms with Crippen LogP contribution in [0.2, 0.25) is 0 Å². The minimum Gasteiger partial charge on any atom is -0.465 e. The van der Waals surface area contributed by atoms with Crippen LogP contribution in [0.5, 0.6) is 0 Å². The number of urea groups is 1. The van der Waals surface area contributed by atoms with Gasteiger partial charge >= 0.3 is 12.0 Å². The molecule has 0 aliphatic heterocycles. The summed E-state index contributed by atoms with van der Waals surface area (Å²) in [5, 5.41) is 2.76. The summed E-state index contributed by atoms with van der Waals surface area (Å²) in [7, 11) is 0. The third kappa shape index (κ3) is 4.99. The Kier molecular flexibility index (Phi) is 5.85. The van der Waals surface area contributed by atoms with E-state index in [1.165, 1.54) is 4.90 Å². The van der Waals surface area contributed by atoms with Crippen molar-refractivity contribution in [1.29, 1.82) is 0 Å². The van der Waals surface area contributed by atoms with Gasteiger partial charge in [0, 0.05) is 12.2 Å². The number of aryl methyl sites for hydroxylation is 1. The van der Waals surface area contributed by atoms with Gasteiger partial charge in [0.25, 0.3) is 0 Å². The zero-order chi connectivity index (χ0) is 14.3.